The van der Waals surface area contributed by atoms with Crippen LogP contribution in [0.3, 0.4) is 0 Å². The van der Waals surface area contributed by atoms with Crippen LogP contribution in [0.1, 0.15) is 44.1 Å². The van der Waals surface area contributed by atoms with Crippen molar-refractivity contribution in [3.05, 3.63) is 23.7 Å². The van der Waals surface area contributed by atoms with E-state index in [0.29, 0.717) is 0 Å². The quantitative estimate of drug-likeness (QED) is 0.896. The Labute approximate surface area is 126 Å². The lowest BCUT2D eigenvalue weighted by atomic mass is 9.94. The van der Waals surface area contributed by atoms with Crippen LogP contribution in [0.25, 0.3) is 0 Å². The topological polar surface area (TPSA) is 62.5 Å². The monoisotopic (exact) mass is 319 g/mol. The van der Waals surface area contributed by atoms with E-state index in [0.717, 1.165) is 25.3 Å². The molecule has 22 heavy (non-hydrogen) atoms. The van der Waals surface area contributed by atoms with Crippen molar-refractivity contribution in [3.8, 4) is 0 Å². The van der Waals surface area contributed by atoms with Gasteiger partial charge in [-0.3, -0.25) is 4.79 Å². The number of hydrogen-bond acceptors (Lipinski definition) is 3. The molecule has 0 radical (unpaired) electrons. The first-order valence-corrected chi connectivity index (χ1v) is 7.29. The van der Waals surface area contributed by atoms with E-state index in [2.05, 4.69) is 5.32 Å². The highest BCUT2D eigenvalue weighted by molar-refractivity contribution is 5.77. The third-order valence-corrected chi connectivity index (χ3v) is 4.24. The van der Waals surface area contributed by atoms with E-state index >= 15 is 0 Å². The number of furan rings is 1. The van der Waals surface area contributed by atoms with Crippen molar-refractivity contribution in [1.82, 2.24) is 5.32 Å². The van der Waals surface area contributed by atoms with Crippen LogP contribution in [-0.4, -0.2) is 23.2 Å². The maximum absolute atomic E-state index is 13.3. The molecule has 3 unspecified atom stereocenters. The van der Waals surface area contributed by atoms with Gasteiger partial charge in [0.1, 0.15) is 11.5 Å². The average molecular weight is 319 g/mol. The Bertz CT molecular complexity index is 540. The molecule has 1 fully saturated rings. The Morgan fingerprint density at radius 1 is 1.41 bits per heavy atom. The fraction of sp³-hybridized carbons (Fsp3) is 0.667. The Balaban J connectivity index is 2.15. The molecule has 1 aromatic heterocycles. The second-order valence-electron chi connectivity index (χ2n) is 6.03. The molecule has 0 aliphatic heterocycles. The van der Waals surface area contributed by atoms with Gasteiger partial charge in [-0.25, -0.2) is 0 Å². The highest BCUT2D eigenvalue weighted by Crippen LogP contribution is 2.42. The second kappa shape index (κ2) is 5.95. The molecule has 1 saturated carbocycles. The number of halogens is 3. The van der Waals surface area contributed by atoms with Gasteiger partial charge in [0.15, 0.2) is 0 Å². The summed E-state index contributed by atoms with van der Waals surface area (Å²) in [5.41, 5.74) is -3.31. The minimum Gasteiger partial charge on any atom is -0.463 e. The lowest BCUT2D eigenvalue weighted by Crippen LogP contribution is -2.47. The van der Waals surface area contributed by atoms with E-state index in [1.807, 2.05) is 6.92 Å². The van der Waals surface area contributed by atoms with Crippen molar-refractivity contribution < 1.29 is 27.5 Å². The minimum atomic E-state index is -5.00. The van der Waals surface area contributed by atoms with Crippen molar-refractivity contribution >= 4 is 5.91 Å². The Morgan fingerprint density at radius 3 is 2.55 bits per heavy atom. The number of aliphatic hydroxyl groups is 1. The molecule has 0 saturated heterocycles. The summed E-state index contributed by atoms with van der Waals surface area (Å²) >= 11 is 0. The van der Waals surface area contributed by atoms with Crippen LogP contribution in [-0.2, 0) is 10.4 Å². The molecule has 1 heterocycles. The minimum absolute atomic E-state index is 0.136. The molecular weight excluding hydrogens is 299 g/mol. The normalized spacial score (nSPS) is 25.0. The molecule has 1 amide bonds. The lowest BCUT2D eigenvalue weighted by Gasteiger charge is -2.29. The van der Waals surface area contributed by atoms with Crippen molar-refractivity contribution in [3.63, 3.8) is 0 Å². The third kappa shape index (κ3) is 3.29. The highest BCUT2D eigenvalue weighted by atomic mass is 19.4. The van der Waals surface area contributed by atoms with Gasteiger partial charge in [0.2, 0.25) is 11.5 Å². The van der Waals surface area contributed by atoms with Crippen molar-refractivity contribution in [2.45, 2.75) is 57.3 Å². The molecule has 4 nitrogen and oxygen atoms in total. The van der Waals surface area contributed by atoms with Crippen LogP contribution in [0, 0.1) is 12.8 Å². The molecule has 0 spiro atoms. The zero-order valence-electron chi connectivity index (χ0n) is 12.5. The van der Waals surface area contributed by atoms with E-state index < -0.39 is 29.9 Å². The van der Waals surface area contributed by atoms with Crippen molar-refractivity contribution in [2.75, 3.05) is 0 Å². The zero-order chi connectivity index (χ0) is 16.5. The Hall–Kier alpha value is -1.50. The SMILES string of the molecule is Cc1ccc(C(O)(CC(=O)NC2CCCC2C)C(F)(F)F)o1. The summed E-state index contributed by atoms with van der Waals surface area (Å²) in [6, 6.07) is 2.24. The second-order valence-corrected chi connectivity index (χ2v) is 6.03. The van der Waals surface area contributed by atoms with Gasteiger partial charge >= 0.3 is 6.18 Å². The summed E-state index contributed by atoms with van der Waals surface area (Å²) in [7, 11) is 0. The number of carbonyl (C=O) groups excluding carboxylic acids is 1. The molecule has 124 valence electrons. The highest BCUT2D eigenvalue weighted by Gasteiger charge is 2.58. The van der Waals surface area contributed by atoms with Gasteiger partial charge in [-0.2, -0.15) is 13.2 Å². The van der Waals surface area contributed by atoms with Crippen LogP contribution in [0.4, 0.5) is 13.2 Å². The molecule has 2 rings (SSSR count). The largest absolute Gasteiger partial charge is 0.463 e. The summed E-state index contributed by atoms with van der Waals surface area (Å²) in [5, 5.41) is 12.7. The first-order valence-electron chi connectivity index (χ1n) is 7.29. The van der Waals surface area contributed by atoms with Gasteiger partial charge < -0.3 is 14.8 Å². The number of aryl methyl sites for hydroxylation is 1. The zero-order valence-corrected chi connectivity index (χ0v) is 12.5. The Kier molecular flexibility index (Phi) is 4.56. The van der Waals surface area contributed by atoms with E-state index in [-0.39, 0.29) is 17.7 Å². The predicted octanol–water partition coefficient (Wildman–Crippen LogP) is 3.03. The average Bonchev–Trinajstić information content (AvgIpc) is 2.98. The number of hydrogen-bond donors (Lipinski definition) is 2. The fourth-order valence-corrected chi connectivity index (χ4v) is 2.83. The molecule has 1 aliphatic carbocycles. The summed E-state index contributed by atoms with van der Waals surface area (Å²) in [6.07, 6.45) is -3.49. The van der Waals surface area contributed by atoms with Crippen LogP contribution in [0.2, 0.25) is 0 Å². The smallest absolute Gasteiger partial charge is 0.425 e. The van der Waals surface area contributed by atoms with Gasteiger partial charge in [0.05, 0.1) is 6.42 Å². The maximum atomic E-state index is 13.3. The molecule has 7 heteroatoms. The first kappa shape index (κ1) is 16.9. The molecule has 3 atom stereocenters. The van der Waals surface area contributed by atoms with Crippen molar-refractivity contribution in [2.24, 2.45) is 5.92 Å². The summed E-state index contributed by atoms with van der Waals surface area (Å²) in [6.45, 7) is 3.42. The summed E-state index contributed by atoms with van der Waals surface area (Å²) in [5.74, 6) is -1.02. The van der Waals surface area contributed by atoms with Gasteiger partial charge in [0.25, 0.3) is 0 Å². The van der Waals surface area contributed by atoms with E-state index in [1.165, 1.54) is 13.0 Å². The predicted molar refractivity (Wildman–Crippen MR) is 73.0 cm³/mol. The Morgan fingerprint density at radius 2 is 2.09 bits per heavy atom. The first-order chi connectivity index (χ1) is 10.1. The van der Waals surface area contributed by atoms with E-state index in [1.54, 1.807) is 0 Å². The van der Waals surface area contributed by atoms with Gasteiger partial charge in [-0.15, -0.1) is 0 Å². The van der Waals surface area contributed by atoms with E-state index in [9.17, 15) is 23.1 Å². The fourth-order valence-electron chi connectivity index (χ4n) is 2.83. The molecule has 0 aromatic carbocycles. The number of carbonyl (C=O) groups is 1. The van der Waals surface area contributed by atoms with Gasteiger partial charge in [-0.1, -0.05) is 13.3 Å². The summed E-state index contributed by atoms with van der Waals surface area (Å²) in [4.78, 5) is 12.0. The molecule has 0 bridgehead atoms. The van der Waals surface area contributed by atoms with Crippen molar-refractivity contribution in [1.29, 1.82) is 0 Å². The number of amides is 1. The molecule has 2 N–H and O–H groups in total. The van der Waals surface area contributed by atoms with Crippen LogP contribution >= 0.6 is 0 Å². The molecular formula is C15H20F3NO3. The molecule has 1 aliphatic rings. The summed E-state index contributed by atoms with van der Waals surface area (Å²) < 4.78 is 44.7. The van der Waals surface area contributed by atoms with Gasteiger partial charge in [0, 0.05) is 6.04 Å². The van der Waals surface area contributed by atoms with Crippen LogP contribution in [0.15, 0.2) is 16.5 Å². The third-order valence-electron chi connectivity index (χ3n) is 4.24. The van der Waals surface area contributed by atoms with Gasteiger partial charge in [-0.05, 0) is 37.8 Å². The van der Waals surface area contributed by atoms with Crippen LogP contribution in [0.5, 0.6) is 0 Å². The number of alkyl halides is 3. The molecule has 1 aromatic rings. The lowest BCUT2D eigenvalue weighted by molar-refractivity contribution is -0.273. The van der Waals surface area contributed by atoms with E-state index in [4.69, 9.17) is 4.42 Å². The number of rotatable bonds is 4. The number of nitrogens with one attached hydrogen (secondary N) is 1. The maximum Gasteiger partial charge on any atom is 0.425 e. The van der Waals surface area contributed by atoms with Crippen LogP contribution < -0.4 is 5.32 Å². The standard InChI is InChI=1S/C15H20F3NO3/c1-9-4-3-5-11(9)19-13(20)8-14(21,15(16,17)18)12-7-6-10(2)22-12/h6-7,9,11,21H,3-5,8H2,1-2H3,(H,19,20).